The molecule has 9 heteroatoms. The summed E-state index contributed by atoms with van der Waals surface area (Å²) in [5.41, 5.74) is 1.94. The number of hydrogen-bond donors (Lipinski definition) is 1. The molecule has 2 aromatic carbocycles. The van der Waals surface area contributed by atoms with Crippen molar-refractivity contribution in [2.75, 3.05) is 5.32 Å². The zero-order valence-electron chi connectivity index (χ0n) is 19.4. The van der Waals surface area contributed by atoms with E-state index in [1.807, 2.05) is 81.6 Å². The summed E-state index contributed by atoms with van der Waals surface area (Å²) in [5, 5.41) is 7.27. The average Bonchev–Trinajstić information content (AvgIpc) is 3.31. The molecule has 4 aromatic rings. The first-order chi connectivity index (χ1) is 16.9. The molecule has 0 saturated carbocycles. The van der Waals surface area contributed by atoms with Crippen molar-refractivity contribution in [3.63, 3.8) is 0 Å². The largest absolute Gasteiger partial charge is 0.465 e. The zero-order valence-corrected chi connectivity index (χ0v) is 20.2. The highest BCUT2D eigenvalue weighted by Crippen LogP contribution is 2.47. The molecule has 2 aliphatic heterocycles. The molecule has 2 aromatic heterocycles. The molecule has 0 aliphatic carbocycles. The van der Waals surface area contributed by atoms with E-state index < -0.39 is 17.7 Å². The lowest BCUT2D eigenvalue weighted by atomic mass is 9.80. The standard InChI is InChI=1S/C26H23N5O3S/c1-15-16(14-27-30(15)3)13-20-24(33)31-22-18-11-7-8-12-19(18)34-26(2,29-25(31)35-20)21(22)23(32)28-17-9-5-4-6-10-17/h4-14,21-22H,1-3H3,(H,28,32)/b20-13-/t21-,22+,26-/m1/s1. The fourth-order valence-electron chi connectivity index (χ4n) is 4.88. The number of nitrogens with zero attached hydrogens (tertiary/aromatic N) is 4. The Hall–Kier alpha value is -3.98. The van der Waals surface area contributed by atoms with E-state index in [-0.39, 0.29) is 11.5 Å². The van der Waals surface area contributed by atoms with Gasteiger partial charge in [0.05, 0.1) is 16.8 Å². The molecule has 2 bridgehead atoms. The van der Waals surface area contributed by atoms with Crippen LogP contribution in [-0.2, 0) is 11.8 Å². The van der Waals surface area contributed by atoms with Crippen LogP contribution in [-0.4, -0.2) is 26.0 Å². The van der Waals surface area contributed by atoms with Gasteiger partial charge in [-0.2, -0.15) is 5.10 Å². The second-order valence-corrected chi connectivity index (χ2v) is 9.97. The lowest BCUT2D eigenvalue weighted by Crippen LogP contribution is -2.59. The molecule has 35 heavy (non-hydrogen) atoms. The third kappa shape index (κ3) is 3.34. The van der Waals surface area contributed by atoms with Gasteiger partial charge in [0.25, 0.3) is 5.56 Å². The van der Waals surface area contributed by atoms with E-state index in [4.69, 9.17) is 9.73 Å². The zero-order chi connectivity index (χ0) is 24.3. The van der Waals surface area contributed by atoms with Crippen molar-refractivity contribution < 1.29 is 9.53 Å². The van der Waals surface area contributed by atoms with Crippen LogP contribution in [0.1, 0.15) is 29.8 Å². The Labute approximate surface area is 204 Å². The topological polar surface area (TPSA) is 90.5 Å². The second-order valence-electron chi connectivity index (χ2n) is 8.96. The monoisotopic (exact) mass is 485 g/mol. The van der Waals surface area contributed by atoms with E-state index in [0.717, 1.165) is 16.8 Å². The van der Waals surface area contributed by atoms with E-state index in [9.17, 15) is 9.59 Å². The molecule has 0 spiro atoms. The number of anilines is 1. The lowest BCUT2D eigenvalue weighted by molar-refractivity contribution is -0.131. The number of carbonyl (C=O) groups excluding carboxylic acids is 1. The number of thiazole rings is 1. The Morgan fingerprint density at radius 2 is 1.91 bits per heavy atom. The maximum absolute atomic E-state index is 13.8. The number of fused-ring (bicyclic) bond motifs is 6. The molecule has 0 saturated heterocycles. The molecule has 1 N–H and O–H groups in total. The van der Waals surface area contributed by atoms with Gasteiger partial charge in [-0.05, 0) is 38.1 Å². The number of rotatable bonds is 3. The fourth-order valence-corrected chi connectivity index (χ4v) is 5.97. The van der Waals surface area contributed by atoms with Crippen LogP contribution in [0.5, 0.6) is 5.75 Å². The minimum atomic E-state index is -1.17. The molecular weight excluding hydrogens is 462 g/mol. The van der Waals surface area contributed by atoms with Gasteiger partial charge in [-0.15, -0.1) is 0 Å². The van der Waals surface area contributed by atoms with Gasteiger partial charge in [0.15, 0.2) is 4.80 Å². The van der Waals surface area contributed by atoms with Crippen LogP contribution < -0.4 is 24.9 Å². The van der Waals surface area contributed by atoms with Crippen LogP contribution in [0.2, 0.25) is 0 Å². The molecule has 0 unspecified atom stereocenters. The van der Waals surface area contributed by atoms with Crippen LogP contribution in [0.15, 0.2) is 70.6 Å². The highest BCUT2D eigenvalue weighted by atomic mass is 32.1. The lowest BCUT2D eigenvalue weighted by Gasteiger charge is -2.45. The van der Waals surface area contributed by atoms with Crippen LogP contribution in [0.25, 0.3) is 6.08 Å². The fraction of sp³-hybridized carbons (Fsp3) is 0.231. The Kier molecular flexibility index (Phi) is 4.79. The summed E-state index contributed by atoms with van der Waals surface area (Å²) in [4.78, 5) is 32.8. The number of aryl methyl sites for hydroxylation is 1. The van der Waals surface area contributed by atoms with Gasteiger partial charge >= 0.3 is 0 Å². The molecule has 2 aliphatic rings. The molecule has 1 amide bonds. The van der Waals surface area contributed by atoms with E-state index >= 15 is 0 Å². The molecule has 3 atom stereocenters. The van der Waals surface area contributed by atoms with Crippen molar-refractivity contribution in [3.8, 4) is 5.75 Å². The summed E-state index contributed by atoms with van der Waals surface area (Å²) in [6.45, 7) is 3.77. The van der Waals surface area contributed by atoms with Crippen molar-refractivity contribution in [1.82, 2.24) is 14.3 Å². The molecule has 0 radical (unpaired) electrons. The molecule has 6 rings (SSSR count). The third-order valence-corrected chi connectivity index (χ3v) is 7.75. The Morgan fingerprint density at radius 3 is 2.66 bits per heavy atom. The van der Waals surface area contributed by atoms with Gasteiger partial charge in [0.1, 0.15) is 11.7 Å². The van der Waals surface area contributed by atoms with Crippen LogP contribution in [0.4, 0.5) is 5.69 Å². The van der Waals surface area contributed by atoms with Gasteiger partial charge in [-0.25, -0.2) is 4.99 Å². The van der Waals surface area contributed by atoms with Crippen molar-refractivity contribution in [2.24, 2.45) is 18.0 Å². The van der Waals surface area contributed by atoms with Crippen LogP contribution in [0, 0.1) is 12.8 Å². The second kappa shape index (κ2) is 7.78. The maximum Gasteiger partial charge on any atom is 0.270 e. The number of para-hydroxylation sites is 2. The van der Waals surface area contributed by atoms with Crippen molar-refractivity contribution >= 4 is 29.0 Å². The summed E-state index contributed by atoms with van der Waals surface area (Å²) >= 11 is 1.30. The molecule has 176 valence electrons. The number of carbonyl (C=O) groups is 1. The van der Waals surface area contributed by atoms with Gasteiger partial charge < -0.3 is 10.1 Å². The quantitative estimate of drug-likeness (QED) is 0.482. The van der Waals surface area contributed by atoms with E-state index in [0.29, 0.717) is 20.8 Å². The van der Waals surface area contributed by atoms with Gasteiger partial charge in [-0.1, -0.05) is 47.7 Å². The summed E-state index contributed by atoms with van der Waals surface area (Å²) < 4.78 is 10.3. The van der Waals surface area contributed by atoms with E-state index in [1.165, 1.54) is 11.3 Å². The highest BCUT2D eigenvalue weighted by molar-refractivity contribution is 7.07. The third-order valence-electron chi connectivity index (χ3n) is 6.76. The predicted octanol–water partition coefficient (Wildman–Crippen LogP) is 2.37. The highest BCUT2D eigenvalue weighted by Gasteiger charge is 2.55. The number of aromatic nitrogens is 3. The first-order valence-corrected chi connectivity index (χ1v) is 12.1. The minimum Gasteiger partial charge on any atom is -0.465 e. The maximum atomic E-state index is 13.8. The average molecular weight is 486 g/mol. The Balaban J connectivity index is 1.55. The summed E-state index contributed by atoms with van der Waals surface area (Å²) in [6, 6.07) is 16.3. The molecule has 0 fully saturated rings. The smallest absolute Gasteiger partial charge is 0.270 e. The summed E-state index contributed by atoms with van der Waals surface area (Å²) in [6.07, 6.45) is 3.58. The first-order valence-electron chi connectivity index (χ1n) is 11.3. The van der Waals surface area contributed by atoms with Gasteiger partial charge in [0, 0.05) is 29.6 Å². The van der Waals surface area contributed by atoms with E-state index in [1.54, 1.807) is 15.4 Å². The molecule has 8 nitrogen and oxygen atoms in total. The van der Waals surface area contributed by atoms with Crippen molar-refractivity contribution in [1.29, 1.82) is 0 Å². The summed E-state index contributed by atoms with van der Waals surface area (Å²) in [7, 11) is 1.86. The first kappa shape index (κ1) is 21.5. The number of benzene rings is 2. The number of hydrogen-bond acceptors (Lipinski definition) is 6. The van der Waals surface area contributed by atoms with Crippen LogP contribution in [0.3, 0.4) is 0 Å². The predicted molar refractivity (Wildman–Crippen MR) is 133 cm³/mol. The molecule has 4 heterocycles. The van der Waals surface area contributed by atoms with Crippen LogP contribution >= 0.6 is 11.3 Å². The van der Waals surface area contributed by atoms with E-state index in [2.05, 4.69) is 10.4 Å². The Morgan fingerprint density at radius 1 is 1.17 bits per heavy atom. The minimum absolute atomic E-state index is 0.182. The number of ether oxygens (including phenoxy) is 1. The SMILES string of the molecule is Cc1c(/C=c2\sc3n(c2=O)[C@H]2c4ccccc4O[C@@](C)(N=3)[C@H]2C(=O)Nc2ccccc2)cnn1C. The molecular formula is C26H23N5O3S. The Bertz CT molecular complexity index is 1650. The van der Waals surface area contributed by atoms with Crippen molar-refractivity contribution in [2.45, 2.75) is 25.6 Å². The van der Waals surface area contributed by atoms with Gasteiger partial charge in [0.2, 0.25) is 11.6 Å². The summed E-state index contributed by atoms with van der Waals surface area (Å²) in [5.74, 6) is -0.366. The van der Waals surface area contributed by atoms with Crippen molar-refractivity contribution in [3.05, 3.63) is 97.3 Å². The number of amides is 1. The van der Waals surface area contributed by atoms with Gasteiger partial charge in [-0.3, -0.25) is 18.8 Å². The number of nitrogens with one attached hydrogen (secondary N) is 1. The normalized spacial score (nSPS) is 22.5.